The van der Waals surface area contributed by atoms with Crippen LogP contribution in [0.5, 0.6) is 11.5 Å². The third kappa shape index (κ3) is 9.55. The van der Waals surface area contributed by atoms with E-state index < -0.39 is 26.7 Å². The minimum absolute atomic E-state index is 0.260. The number of phenolic OH excluding ortho intramolecular Hbond substituents is 1. The first kappa shape index (κ1) is 36.6. The van der Waals surface area contributed by atoms with Crippen molar-refractivity contribution >= 4 is 30.3 Å². The Bertz CT molecular complexity index is 789. The van der Waals surface area contributed by atoms with Gasteiger partial charge in [-0.2, -0.15) is 0 Å². The molecule has 0 fully saturated rings. The molecule has 226 valence electrons. The molecule has 0 spiro atoms. The van der Waals surface area contributed by atoms with E-state index in [0.29, 0.717) is 22.4 Å². The van der Waals surface area contributed by atoms with Gasteiger partial charge in [0.2, 0.25) is 0 Å². The number of unbranched alkanes of at least 4 members (excludes halogenated alkanes) is 4. The second-order valence-corrected chi connectivity index (χ2v) is 31.9. The average molecular weight is 666 g/mol. The third-order valence-corrected chi connectivity index (χ3v) is 31.0. The molecule has 0 aliphatic heterocycles. The van der Waals surface area contributed by atoms with Crippen LogP contribution in [0.4, 0.5) is 0 Å². The summed E-state index contributed by atoms with van der Waals surface area (Å²) in [6.45, 7) is 27.6. The predicted molar refractivity (Wildman–Crippen MR) is 181 cm³/mol. The van der Waals surface area contributed by atoms with Crippen LogP contribution in [-0.4, -0.2) is 31.8 Å². The molecule has 39 heavy (non-hydrogen) atoms. The maximum absolute atomic E-state index is 12.0. The van der Waals surface area contributed by atoms with Crippen molar-refractivity contribution < 1.29 is 9.53 Å². The van der Waals surface area contributed by atoms with E-state index in [0.717, 1.165) is 37.0 Å². The van der Waals surface area contributed by atoms with Crippen LogP contribution >= 0.6 is 0 Å². The maximum atomic E-state index is 12.0. The zero-order valence-electron chi connectivity index (χ0n) is 27.8. The number of hydrogen-bond donors (Lipinski definition) is 1. The van der Waals surface area contributed by atoms with Gasteiger partial charge in [0.05, 0.1) is 0 Å². The van der Waals surface area contributed by atoms with Crippen molar-refractivity contribution in [3.8, 4) is 11.5 Å². The van der Waals surface area contributed by atoms with Gasteiger partial charge >= 0.3 is 251 Å². The number of aromatic hydroxyl groups is 1. The predicted octanol–water partition coefficient (Wildman–Crippen LogP) is 11.9. The van der Waals surface area contributed by atoms with Crippen LogP contribution in [0.1, 0.15) is 145 Å². The molecular formula is C35H66O2SiSn. The summed E-state index contributed by atoms with van der Waals surface area (Å²) >= 11 is -2.77. The second kappa shape index (κ2) is 18.2. The van der Waals surface area contributed by atoms with Crippen molar-refractivity contribution in [2.24, 2.45) is 0 Å². The summed E-state index contributed by atoms with van der Waals surface area (Å²) in [4.78, 5) is 0. The van der Waals surface area contributed by atoms with Gasteiger partial charge in [-0.05, 0) is 0 Å². The Morgan fingerprint density at radius 3 is 1.64 bits per heavy atom. The van der Waals surface area contributed by atoms with Crippen molar-refractivity contribution in [2.45, 2.75) is 169 Å². The standard InChI is InChI=1S/C23H39O2Si.3C4H9.Sn/c1-9-11-14-20(13-10-2)23-21(24)15-12-16-22(23)25-26(17(3)4,18(5)6)19(7)8;3*1-3-4-2;/h10,15-20,24H,2,9,11,13-14H2,1,3-8H3;3*1,3-4H2,2H3;/t20-;;;;/m1..../s1. The van der Waals surface area contributed by atoms with Crippen LogP contribution in [0, 0.1) is 0 Å². The Balaban J connectivity index is 4.03. The van der Waals surface area contributed by atoms with Gasteiger partial charge in [0, 0.05) is 0 Å². The molecule has 1 rings (SSSR count). The molecule has 1 N–H and O–H groups in total. The number of rotatable bonds is 21. The Hall–Kier alpha value is -0.424. The molecule has 0 saturated heterocycles. The Labute approximate surface area is 249 Å². The van der Waals surface area contributed by atoms with Crippen LogP contribution in [0.25, 0.3) is 0 Å². The van der Waals surface area contributed by atoms with E-state index in [-0.39, 0.29) is 5.92 Å². The first-order valence-corrected chi connectivity index (χ1v) is 26.3. The zero-order chi connectivity index (χ0) is 29.6. The first-order valence-electron chi connectivity index (χ1n) is 16.7. The van der Waals surface area contributed by atoms with Crippen molar-refractivity contribution in [1.29, 1.82) is 0 Å². The summed E-state index contributed by atoms with van der Waals surface area (Å²) in [5.74, 6) is 1.81. The van der Waals surface area contributed by atoms with Gasteiger partial charge in [-0.1, -0.05) is 0 Å². The van der Waals surface area contributed by atoms with Gasteiger partial charge < -0.3 is 0 Å². The Morgan fingerprint density at radius 1 is 0.795 bits per heavy atom. The van der Waals surface area contributed by atoms with Gasteiger partial charge in [-0.25, -0.2) is 0 Å². The Kier molecular flexibility index (Phi) is 17.1. The molecule has 4 heteroatoms. The molecular weight excluding hydrogens is 599 g/mol. The quantitative estimate of drug-likeness (QED) is 0.105. The summed E-state index contributed by atoms with van der Waals surface area (Å²) in [6.07, 6.45) is 14.1. The summed E-state index contributed by atoms with van der Waals surface area (Å²) < 4.78 is 13.3. The first-order chi connectivity index (χ1) is 18.5. The molecule has 0 unspecified atom stereocenters. The van der Waals surface area contributed by atoms with E-state index in [9.17, 15) is 5.11 Å². The van der Waals surface area contributed by atoms with Crippen LogP contribution in [-0.2, 0) is 0 Å². The molecule has 0 radical (unpaired) electrons. The van der Waals surface area contributed by atoms with Gasteiger partial charge in [-0.15, -0.1) is 0 Å². The fourth-order valence-corrected chi connectivity index (χ4v) is 28.5. The number of allylic oxidation sites excluding steroid dienone is 1. The monoisotopic (exact) mass is 666 g/mol. The van der Waals surface area contributed by atoms with E-state index in [4.69, 9.17) is 4.43 Å². The van der Waals surface area contributed by atoms with Crippen molar-refractivity contribution in [2.75, 3.05) is 0 Å². The number of phenols is 1. The molecule has 0 aromatic heterocycles. The molecule has 0 amide bonds. The fourth-order valence-electron chi connectivity index (χ4n) is 7.34. The minimum atomic E-state index is -2.77. The molecule has 0 saturated carbocycles. The summed E-state index contributed by atoms with van der Waals surface area (Å²) in [6, 6.07) is 4.77. The van der Waals surface area contributed by atoms with Gasteiger partial charge in [-0.3, -0.25) is 0 Å². The molecule has 2 nitrogen and oxygen atoms in total. The van der Waals surface area contributed by atoms with Crippen molar-refractivity contribution in [3.05, 3.63) is 30.4 Å². The van der Waals surface area contributed by atoms with Crippen LogP contribution in [0.2, 0.25) is 29.9 Å². The van der Waals surface area contributed by atoms with E-state index in [1.165, 1.54) is 55.4 Å². The van der Waals surface area contributed by atoms with Crippen molar-refractivity contribution in [3.63, 3.8) is 0 Å². The Morgan fingerprint density at radius 2 is 1.26 bits per heavy atom. The van der Waals surface area contributed by atoms with E-state index in [1.807, 2.05) is 6.08 Å². The topological polar surface area (TPSA) is 29.5 Å². The molecule has 0 aliphatic carbocycles. The molecule has 1 aromatic carbocycles. The molecule has 1 aromatic rings. The average Bonchev–Trinajstić information content (AvgIpc) is 2.88. The fraction of sp³-hybridized carbons (Fsp3) is 0.771. The van der Waals surface area contributed by atoms with Crippen molar-refractivity contribution in [1.82, 2.24) is 0 Å². The SMILES string of the molecule is C=CC[C@H](CCCC)c1c(O)c[c]([Sn]([CH2]CCC)([CH2]CCC)[CH2]CCC)cc1O[Si](C(C)C)(C(C)C)C(C)C. The summed E-state index contributed by atoms with van der Waals surface area (Å²) in [7, 11) is -2.19. The van der Waals surface area contributed by atoms with Crippen LogP contribution in [0.3, 0.4) is 0 Å². The molecule has 0 bridgehead atoms. The number of hydrogen-bond acceptors (Lipinski definition) is 2. The molecule has 0 aliphatic rings. The van der Waals surface area contributed by atoms with Crippen LogP contribution in [0.15, 0.2) is 24.8 Å². The van der Waals surface area contributed by atoms with Gasteiger partial charge in [0.15, 0.2) is 0 Å². The number of benzene rings is 1. The van der Waals surface area contributed by atoms with Crippen LogP contribution < -0.4 is 8.01 Å². The summed E-state index contributed by atoms with van der Waals surface area (Å²) in [5, 5.41) is 12.0. The second-order valence-electron chi connectivity index (χ2n) is 13.3. The molecule has 1 atom stereocenters. The van der Waals surface area contributed by atoms with Gasteiger partial charge in [0.1, 0.15) is 0 Å². The summed E-state index contributed by atoms with van der Waals surface area (Å²) in [5.41, 5.74) is 2.57. The van der Waals surface area contributed by atoms with E-state index in [1.54, 1.807) is 0 Å². The zero-order valence-corrected chi connectivity index (χ0v) is 31.7. The van der Waals surface area contributed by atoms with E-state index >= 15 is 0 Å². The van der Waals surface area contributed by atoms with Gasteiger partial charge in [0.25, 0.3) is 0 Å². The normalized spacial score (nSPS) is 13.5. The molecule has 0 heterocycles. The van der Waals surface area contributed by atoms with E-state index in [2.05, 4.69) is 87.9 Å². The third-order valence-electron chi connectivity index (χ3n) is 9.52.